The molecule has 1 N–H and O–H groups in total. The Hall–Kier alpha value is -3.29. The molecule has 0 saturated carbocycles. The maximum Gasteiger partial charge on any atom is 0.355 e. The number of hydrogen-bond donors (Lipinski definition) is 1. The Morgan fingerprint density at radius 3 is 2.39 bits per heavy atom. The molecule has 8 nitrogen and oxygen atoms in total. The van der Waals surface area contributed by atoms with E-state index in [-0.39, 0.29) is 17.2 Å². The Morgan fingerprint density at radius 1 is 1.07 bits per heavy atom. The number of aromatic nitrogens is 1. The van der Waals surface area contributed by atoms with Crippen molar-refractivity contribution in [2.45, 2.75) is 20.4 Å². The van der Waals surface area contributed by atoms with Gasteiger partial charge >= 0.3 is 11.9 Å². The average Bonchev–Trinajstić information content (AvgIpc) is 2.99. The van der Waals surface area contributed by atoms with Crippen LogP contribution in [-0.4, -0.2) is 55.6 Å². The standard InChI is InChI=1S/C20H24N2O6/c1-12-17(19(24)27-5)13(2)21-18(12)20(25)28-11-16(23)22(3)10-14-8-6-7-9-15(14)26-4/h6-9,21H,10-11H2,1-5H3. The van der Waals surface area contributed by atoms with Crippen LogP contribution in [0.1, 0.15) is 37.7 Å². The van der Waals surface area contributed by atoms with E-state index in [9.17, 15) is 14.4 Å². The molecule has 2 aromatic rings. The summed E-state index contributed by atoms with van der Waals surface area (Å²) in [6, 6.07) is 7.36. The van der Waals surface area contributed by atoms with E-state index in [4.69, 9.17) is 14.2 Å². The summed E-state index contributed by atoms with van der Waals surface area (Å²) in [5.74, 6) is -0.951. The summed E-state index contributed by atoms with van der Waals surface area (Å²) >= 11 is 0. The lowest BCUT2D eigenvalue weighted by Crippen LogP contribution is -2.31. The minimum Gasteiger partial charge on any atom is -0.496 e. The molecule has 1 heterocycles. The number of aromatic amines is 1. The second-order valence-electron chi connectivity index (χ2n) is 6.25. The summed E-state index contributed by atoms with van der Waals surface area (Å²) in [6.07, 6.45) is 0. The lowest BCUT2D eigenvalue weighted by Gasteiger charge is -2.18. The zero-order valence-electron chi connectivity index (χ0n) is 16.6. The van der Waals surface area contributed by atoms with Crippen molar-refractivity contribution in [3.63, 3.8) is 0 Å². The van der Waals surface area contributed by atoms with E-state index in [2.05, 4.69) is 4.98 Å². The van der Waals surface area contributed by atoms with Crippen LogP contribution < -0.4 is 4.74 Å². The van der Waals surface area contributed by atoms with Gasteiger partial charge in [-0.1, -0.05) is 18.2 Å². The smallest absolute Gasteiger partial charge is 0.355 e. The van der Waals surface area contributed by atoms with Crippen molar-refractivity contribution in [3.8, 4) is 5.75 Å². The van der Waals surface area contributed by atoms with Gasteiger partial charge in [-0.15, -0.1) is 0 Å². The molecular weight excluding hydrogens is 364 g/mol. The molecular formula is C20H24N2O6. The molecule has 28 heavy (non-hydrogen) atoms. The Kier molecular flexibility index (Phi) is 6.81. The molecule has 0 saturated heterocycles. The van der Waals surface area contributed by atoms with Crippen molar-refractivity contribution in [2.24, 2.45) is 0 Å². The highest BCUT2D eigenvalue weighted by Crippen LogP contribution is 2.20. The van der Waals surface area contributed by atoms with Crippen LogP contribution in [0.4, 0.5) is 0 Å². The fraction of sp³-hybridized carbons (Fsp3) is 0.350. The number of ether oxygens (including phenoxy) is 3. The summed E-state index contributed by atoms with van der Waals surface area (Å²) in [5.41, 5.74) is 2.16. The van der Waals surface area contributed by atoms with Gasteiger partial charge in [-0.3, -0.25) is 4.79 Å². The average molecular weight is 388 g/mol. The van der Waals surface area contributed by atoms with Crippen molar-refractivity contribution >= 4 is 17.8 Å². The van der Waals surface area contributed by atoms with Gasteiger partial charge in [0.1, 0.15) is 11.4 Å². The minimum atomic E-state index is -0.713. The maximum absolute atomic E-state index is 12.3. The number of rotatable bonds is 7. The van der Waals surface area contributed by atoms with E-state index in [0.29, 0.717) is 23.6 Å². The van der Waals surface area contributed by atoms with Crippen LogP contribution in [0.3, 0.4) is 0 Å². The normalized spacial score (nSPS) is 10.3. The molecule has 150 valence electrons. The highest BCUT2D eigenvalue weighted by molar-refractivity contribution is 5.99. The van der Waals surface area contributed by atoms with Gasteiger partial charge in [0.15, 0.2) is 6.61 Å². The monoisotopic (exact) mass is 388 g/mol. The van der Waals surface area contributed by atoms with Crippen molar-refractivity contribution in [2.75, 3.05) is 27.9 Å². The first kappa shape index (κ1) is 21.0. The molecule has 0 radical (unpaired) electrons. The van der Waals surface area contributed by atoms with Gasteiger partial charge in [-0.05, 0) is 25.5 Å². The van der Waals surface area contributed by atoms with E-state index in [1.807, 2.05) is 24.3 Å². The summed E-state index contributed by atoms with van der Waals surface area (Å²) in [7, 11) is 4.44. The second-order valence-corrected chi connectivity index (χ2v) is 6.25. The molecule has 1 aromatic carbocycles. The van der Waals surface area contributed by atoms with E-state index < -0.39 is 18.5 Å². The Morgan fingerprint density at radius 2 is 1.75 bits per heavy atom. The van der Waals surface area contributed by atoms with Gasteiger partial charge in [0.25, 0.3) is 5.91 Å². The van der Waals surface area contributed by atoms with Crippen molar-refractivity contribution in [3.05, 3.63) is 52.3 Å². The predicted octanol–water partition coefficient (Wildman–Crippen LogP) is 2.24. The van der Waals surface area contributed by atoms with Crippen LogP contribution in [0.15, 0.2) is 24.3 Å². The number of nitrogens with zero attached hydrogens (tertiary/aromatic N) is 1. The van der Waals surface area contributed by atoms with Crippen LogP contribution in [0.25, 0.3) is 0 Å². The van der Waals surface area contributed by atoms with E-state index in [1.165, 1.54) is 12.0 Å². The Bertz CT molecular complexity index is 887. The second kappa shape index (κ2) is 9.07. The minimum absolute atomic E-state index is 0.123. The number of benzene rings is 1. The molecule has 0 aliphatic carbocycles. The summed E-state index contributed by atoms with van der Waals surface area (Å²) in [6.45, 7) is 3.16. The molecule has 0 spiro atoms. The van der Waals surface area contributed by atoms with Gasteiger partial charge in [-0.2, -0.15) is 0 Å². The number of nitrogens with one attached hydrogen (secondary N) is 1. The van der Waals surface area contributed by atoms with Crippen LogP contribution in [0.2, 0.25) is 0 Å². The summed E-state index contributed by atoms with van der Waals surface area (Å²) in [5, 5.41) is 0. The van der Waals surface area contributed by atoms with E-state index in [0.717, 1.165) is 5.56 Å². The van der Waals surface area contributed by atoms with Gasteiger partial charge in [0.05, 0.1) is 19.8 Å². The Labute approximate surface area is 163 Å². The van der Waals surface area contributed by atoms with Gasteiger partial charge in [0.2, 0.25) is 0 Å². The molecule has 2 rings (SSSR count). The highest BCUT2D eigenvalue weighted by atomic mass is 16.5. The van der Waals surface area contributed by atoms with Crippen molar-refractivity contribution in [1.82, 2.24) is 9.88 Å². The SMILES string of the molecule is COC(=O)c1c(C)[nH]c(C(=O)OCC(=O)N(C)Cc2ccccc2OC)c1C. The molecule has 0 aliphatic rings. The number of hydrogen-bond acceptors (Lipinski definition) is 6. The van der Waals surface area contributed by atoms with Gasteiger partial charge in [-0.25, -0.2) is 9.59 Å². The molecule has 0 unspecified atom stereocenters. The highest BCUT2D eigenvalue weighted by Gasteiger charge is 2.24. The topological polar surface area (TPSA) is 97.9 Å². The molecule has 0 aliphatic heterocycles. The zero-order valence-corrected chi connectivity index (χ0v) is 16.6. The Balaban J connectivity index is 2.01. The van der Waals surface area contributed by atoms with Crippen molar-refractivity contribution < 1.29 is 28.6 Å². The van der Waals surface area contributed by atoms with Crippen LogP contribution in [0, 0.1) is 13.8 Å². The number of methoxy groups -OCH3 is 2. The molecule has 1 aromatic heterocycles. The zero-order chi connectivity index (χ0) is 20.8. The third kappa shape index (κ3) is 4.51. The first-order valence-electron chi connectivity index (χ1n) is 8.60. The van der Waals surface area contributed by atoms with E-state index in [1.54, 1.807) is 28.0 Å². The lowest BCUT2D eigenvalue weighted by molar-refractivity contribution is -0.133. The molecule has 1 amide bonds. The molecule has 8 heteroatoms. The number of esters is 2. The van der Waals surface area contributed by atoms with Crippen LogP contribution in [-0.2, 0) is 20.8 Å². The molecule has 0 atom stereocenters. The number of carbonyl (C=O) groups is 3. The fourth-order valence-corrected chi connectivity index (χ4v) is 2.85. The number of likely N-dealkylation sites (N-methyl/N-ethyl adjacent to an activating group) is 1. The number of carbonyl (C=O) groups excluding carboxylic acids is 3. The third-order valence-corrected chi connectivity index (χ3v) is 4.38. The van der Waals surface area contributed by atoms with Gasteiger partial charge in [0, 0.05) is 24.8 Å². The molecule has 0 fully saturated rings. The predicted molar refractivity (Wildman–Crippen MR) is 101 cm³/mol. The third-order valence-electron chi connectivity index (χ3n) is 4.38. The quantitative estimate of drug-likeness (QED) is 0.731. The number of H-pyrrole nitrogens is 1. The number of para-hydroxylation sites is 1. The van der Waals surface area contributed by atoms with Crippen LogP contribution in [0.5, 0.6) is 5.75 Å². The largest absolute Gasteiger partial charge is 0.496 e. The first-order chi connectivity index (χ1) is 13.3. The first-order valence-corrected chi connectivity index (χ1v) is 8.60. The summed E-state index contributed by atoms with van der Waals surface area (Å²) < 4.78 is 15.1. The fourth-order valence-electron chi connectivity index (χ4n) is 2.85. The van der Waals surface area contributed by atoms with E-state index >= 15 is 0 Å². The van der Waals surface area contributed by atoms with Crippen molar-refractivity contribution in [1.29, 1.82) is 0 Å². The van der Waals surface area contributed by atoms with Gasteiger partial charge < -0.3 is 24.1 Å². The number of amides is 1. The lowest BCUT2D eigenvalue weighted by atomic mass is 10.1. The molecule has 0 bridgehead atoms. The summed E-state index contributed by atoms with van der Waals surface area (Å²) in [4.78, 5) is 40.7. The number of aryl methyl sites for hydroxylation is 1. The van der Waals surface area contributed by atoms with Crippen LogP contribution >= 0.6 is 0 Å². The maximum atomic E-state index is 12.3.